The standard InChI is InChI=1S/C23H34O4Si/c1-22(2)26-13-23(14-27-22)10-16-8-15-6-7-19(25)21(15)18(12-24)20(28(3,4)5)9-17(16)11-23/h9,15,24H,6-8,10-14H2,1-5H3/b20-9+,21-18+/t15-/m0/s1. The van der Waals surface area contributed by atoms with Crippen LogP contribution in [0.25, 0.3) is 0 Å². The largest absolute Gasteiger partial charge is 0.392 e. The van der Waals surface area contributed by atoms with E-state index in [0.29, 0.717) is 6.42 Å². The highest BCUT2D eigenvalue weighted by Crippen LogP contribution is 2.52. The minimum atomic E-state index is -1.73. The number of ether oxygens (including phenoxy) is 2. The zero-order valence-corrected chi connectivity index (χ0v) is 19.0. The third-order valence-electron chi connectivity index (χ3n) is 6.92. The number of aliphatic hydroxyl groups is 1. The molecule has 0 aromatic carbocycles. The van der Waals surface area contributed by atoms with Crippen molar-refractivity contribution in [3.05, 3.63) is 33.6 Å². The van der Waals surface area contributed by atoms with E-state index in [1.807, 2.05) is 13.8 Å². The van der Waals surface area contributed by atoms with Crippen molar-refractivity contribution in [2.45, 2.75) is 71.4 Å². The lowest BCUT2D eigenvalue weighted by molar-refractivity contribution is -0.283. The van der Waals surface area contributed by atoms with Crippen LogP contribution in [0.4, 0.5) is 0 Å². The Kier molecular flexibility index (Phi) is 4.89. The number of ketones is 1. The molecule has 1 saturated carbocycles. The van der Waals surface area contributed by atoms with Crippen molar-refractivity contribution in [1.82, 2.24) is 0 Å². The summed E-state index contributed by atoms with van der Waals surface area (Å²) in [5.41, 5.74) is 4.79. The molecule has 1 spiro atoms. The molecular weight excluding hydrogens is 368 g/mol. The van der Waals surface area contributed by atoms with E-state index in [-0.39, 0.29) is 23.7 Å². The van der Waals surface area contributed by atoms with E-state index >= 15 is 0 Å². The number of allylic oxidation sites excluding steroid dienone is 4. The molecule has 2 fully saturated rings. The molecule has 1 N–H and O–H groups in total. The van der Waals surface area contributed by atoms with E-state index in [9.17, 15) is 9.90 Å². The summed E-state index contributed by atoms with van der Waals surface area (Å²) in [5.74, 6) is 0.00993. The van der Waals surface area contributed by atoms with Crippen molar-refractivity contribution < 1.29 is 19.4 Å². The molecule has 0 aromatic rings. The minimum Gasteiger partial charge on any atom is -0.392 e. The quantitative estimate of drug-likeness (QED) is 0.699. The second-order valence-corrected chi connectivity index (χ2v) is 15.7. The Morgan fingerprint density at radius 1 is 1.18 bits per heavy atom. The van der Waals surface area contributed by atoms with E-state index in [0.717, 1.165) is 50.0 Å². The van der Waals surface area contributed by atoms with Crippen LogP contribution in [-0.4, -0.2) is 44.6 Å². The van der Waals surface area contributed by atoms with Crippen molar-refractivity contribution >= 4 is 13.9 Å². The molecule has 1 heterocycles. The lowest BCUT2D eigenvalue weighted by atomic mass is 9.83. The molecule has 4 nitrogen and oxygen atoms in total. The molecule has 0 aromatic heterocycles. The van der Waals surface area contributed by atoms with E-state index < -0.39 is 13.9 Å². The molecule has 1 atom stereocenters. The Balaban J connectivity index is 1.75. The van der Waals surface area contributed by atoms with E-state index in [1.54, 1.807) is 0 Å². The van der Waals surface area contributed by atoms with Crippen molar-refractivity contribution in [3.8, 4) is 0 Å². The molecule has 4 rings (SSSR count). The van der Waals surface area contributed by atoms with Gasteiger partial charge in [0.15, 0.2) is 11.6 Å². The zero-order chi connectivity index (χ0) is 20.3. The summed E-state index contributed by atoms with van der Waals surface area (Å²) >= 11 is 0. The zero-order valence-electron chi connectivity index (χ0n) is 18.0. The average Bonchev–Trinajstić information content (AvgIpc) is 3.10. The molecule has 154 valence electrons. The van der Waals surface area contributed by atoms with Crippen LogP contribution in [0.15, 0.2) is 33.6 Å². The Bertz CT molecular complexity index is 784. The van der Waals surface area contributed by atoms with Crippen molar-refractivity contribution in [1.29, 1.82) is 0 Å². The number of hydrogen-bond acceptors (Lipinski definition) is 4. The van der Waals surface area contributed by atoms with Gasteiger partial charge in [-0.15, -0.1) is 0 Å². The van der Waals surface area contributed by atoms with Gasteiger partial charge in [-0.1, -0.05) is 36.5 Å². The van der Waals surface area contributed by atoms with Gasteiger partial charge in [-0.2, -0.15) is 0 Å². The molecular formula is C23H34O4Si. The van der Waals surface area contributed by atoms with Crippen LogP contribution < -0.4 is 0 Å². The Morgan fingerprint density at radius 2 is 1.86 bits per heavy atom. The molecule has 28 heavy (non-hydrogen) atoms. The van der Waals surface area contributed by atoms with Crippen LogP contribution in [0.3, 0.4) is 0 Å². The van der Waals surface area contributed by atoms with Gasteiger partial charge in [0.2, 0.25) is 0 Å². The van der Waals surface area contributed by atoms with Gasteiger partial charge >= 0.3 is 0 Å². The second kappa shape index (κ2) is 6.76. The molecule has 0 unspecified atom stereocenters. The van der Waals surface area contributed by atoms with Crippen molar-refractivity contribution in [2.75, 3.05) is 19.8 Å². The predicted octanol–water partition coefficient (Wildman–Crippen LogP) is 4.32. The van der Waals surface area contributed by atoms with Crippen LogP contribution in [0.2, 0.25) is 19.6 Å². The number of carbonyl (C=O) groups excluding carboxylic acids is 1. The third kappa shape index (κ3) is 3.51. The fourth-order valence-corrected chi connectivity index (χ4v) is 7.16. The first-order chi connectivity index (χ1) is 13.0. The second-order valence-electron chi connectivity index (χ2n) is 10.7. The topological polar surface area (TPSA) is 55.8 Å². The van der Waals surface area contributed by atoms with Crippen LogP contribution in [-0.2, 0) is 14.3 Å². The van der Waals surface area contributed by atoms with E-state index in [4.69, 9.17) is 9.47 Å². The lowest BCUT2D eigenvalue weighted by Gasteiger charge is -2.41. The Hall–Kier alpha value is -1.01. The average molecular weight is 403 g/mol. The highest BCUT2D eigenvalue weighted by molar-refractivity contribution is 6.84. The van der Waals surface area contributed by atoms with Gasteiger partial charge in [0.1, 0.15) is 0 Å². The van der Waals surface area contributed by atoms with Crippen LogP contribution in [0.1, 0.15) is 46.0 Å². The summed E-state index contributed by atoms with van der Waals surface area (Å²) in [6.07, 6.45) is 6.80. The number of Topliss-reactive ketones (excluding diaryl/α,β-unsaturated/α-hetero) is 1. The molecule has 1 saturated heterocycles. The first-order valence-corrected chi connectivity index (χ1v) is 14.1. The van der Waals surface area contributed by atoms with Gasteiger partial charge in [-0.25, -0.2) is 0 Å². The smallest absolute Gasteiger partial charge is 0.162 e. The summed E-state index contributed by atoms with van der Waals surface area (Å²) in [6.45, 7) is 12.3. The van der Waals surface area contributed by atoms with Gasteiger partial charge in [0.05, 0.1) is 27.9 Å². The molecule has 0 radical (unpaired) electrons. The van der Waals surface area contributed by atoms with E-state index in [2.05, 4.69) is 25.7 Å². The van der Waals surface area contributed by atoms with Gasteiger partial charge in [-0.3, -0.25) is 4.79 Å². The maximum absolute atomic E-state index is 12.7. The maximum Gasteiger partial charge on any atom is 0.162 e. The predicted molar refractivity (Wildman–Crippen MR) is 113 cm³/mol. The lowest BCUT2D eigenvalue weighted by Crippen LogP contribution is -2.45. The van der Waals surface area contributed by atoms with Gasteiger partial charge < -0.3 is 14.6 Å². The summed E-state index contributed by atoms with van der Waals surface area (Å²) in [7, 11) is -1.73. The maximum atomic E-state index is 12.7. The molecule has 1 aliphatic heterocycles. The highest BCUT2D eigenvalue weighted by atomic mass is 28.3. The first-order valence-electron chi connectivity index (χ1n) is 10.6. The third-order valence-corrected chi connectivity index (χ3v) is 8.98. The summed E-state index contributed by atoms with van der Waals surface area (Å²) in [4.78, 5) is 12.7. The number of rotatable bonds is 2. The monoisotopic (exact) mass is 402 g/mol. The number of hydrogen-bond donors (Lipinski definition) is 1. The summed E-state index contributed by atoms with van der Waals surface area (Å²) < 4.78 is 12.1. The van der Waals surface area contributed by atoms with Crippen LogP contribution >= 0.6 is 0 Å². The minimum absolute atomic E-state index is 0.0216. The highest BCUT2D eigenvalue weighted by Gasteiger charge is 2.46. The van der Waals surface area contributed by atoms with Gasteiger partial charge in [0.25, 0.3) is 0 Å². The Labute approximate surface area is 169 Å². The SMILES string of the molecule is CC1(C)OCC2(CO1)CC1=C(C[C@@H]3CCC(=O)/C3=C(CO)/C([Si](C)(C)C)=C\1)C2. The molecule has 5 heteroatoms. The fraction of sp³-hybridized carbons (Fsp3) is 0.696. The summed E-state index contributed by atoms with van der Waals surface area (Å²) in [6, 6.07) is 0. The van der Waals surface area contributed by atoms with Gasteiger partial charge in [0, 0.05) is 17.4 Å². The normalized spacial score (nSPS) is 34.0. The van der Waals surface area contributed by atoms with Crippen LogP contribution in [0.5, 0.6) is 0 Å². The molecule has 0 amide bonds. The summed E-state index contributed by atoms with van der Waals surface area (Å²) in [5, 5.41) is 11.5. The number of fused-ring (bicyclic) bond motifs is 1. The van der Waals surface area contributed by atoms with Gasteiger partial charge in [-0.05, 0) is 56.6 Å². The number of carbonyl (C=O) groups is 1. The van der Waals surface area contributed by atoms with Crippen molar-refractivity contribution in [2.24, 2.45) is 11.3 Å². The molecule has 3 aliphatic carbocycles. The van der Waals surface area contributed by atoms with E-state index in [1.165, 1.54) is 16.3 Å². The van der Waals surface area contributed by atoms with Crippen molar-refractivity contribution in [3.63, 3.8) is 0 Å². The molecule has 4 aliphatic rings. The first kappa shape index (κ1) is 20.3. The number of aliphatic hydroxyl groups excluding tert-OH is 1. The Morgan fingerprint density at radius 3 is 2.46 bits per heavy atom. The molecule has 0 bridgehead atoms. The van der Waals surface area contributed by atoms with Crippen LogP contribution in [0, 0.1) is 11.3 Å². The fourth-order valence-electron chi connectivity index (χ4n) is 5.43.